The molecule has 0 spiro atoms. The molecule has 0 saturated carbocycles. The topological polar surface area (TPSA) is 67.3 Å². The van der Waals surface area contributed by atoms with E-state index in [1.807, 2.05) is 12.1 Å². The van der Waals surface area contributed by atoms with Crippen LogP contribution in [-0.2, 0) is 0 Å². The van der Waals surface area contributed by atoms with Crippen LogP contribution in [0, 0.1) is 10.4 Å². The van der Waals surface area contributed by atoms with Gasteiger partial charge < -0.3 is 5.11 Å². The van der Waals surface area contributed by atoms with Gasteiger partial charge in [0.05, 0.1) is 10.7 Å². The van der Waals surface area contributed by atoms with Gasteiger partial charge in [0.25, 0.3) is 5.56 Å². The molecular formula is C23H12BrNO3. The monoisotopic (exact) mass is 429 g/mol. The number of hydrogen-bond acceptors (Lipinski definition) is 4. The van der Waals surface area contributed by atoms with Crippen LogP contribution in [0.2, 0.25) is 0 Å². The second-order valence-corrected chi connectivity index (χ2v) is 7.43. The minimum Gasteiger partial charge on any atom is -0.506 e. The van der Waals surface area contributed by atoms with E-state index in [1.165, 1.54) is 0 Å². The largest absolute Gasteiger partial charge is 0.506 e. The van der Waals surface area contributed by atoms with Crippen LogP contribution in [0.3, 0.4) is 0 Å². The predicted octanol–water partition coefficient (Wildman–Crippen LogP) is 3.47. The first-order valence-electron chi connectivity index (χ1n) is 8.67. The molecule has 3 aromatic carbocycles. The summed E-state index contributed by atoms with van der Waals surface area (Å²) in [6.45, 7) is 0. The molecule has 5 rings (SSSR count). The molecule has 0 unspecified atom stereocenters. The molecule has 1 N–H and O–H groups in total. The van der Waals surface area contributed by atoms with E-state index in [1.54, 1.807) is 54.6 Å². The van der Waals surface area contributed by atoms with E-state index >= 15 is 0 Å². The summed E-state index contributed by atoms with van der Waals surface area (Å²) >= 11 is 3.47. The van der Waals surface area contributed by atoms with Crippen LogP contribution in [0.15, 0.2) is 80.8 Å². The van der Waals surface area contributed by atoms with Gasteiger partial charge in [-0.25, -0.2) is 4.98 Å². The number of aliphatic hydroxyl groups excluding tert-OH is 1. The average Bonchev–Trinajstić information content (AvgIpc) is 2.72. The summed E-state index contributed by atoms with van der Waals surface area (Å²) in [6, 6.07) is 19.4. The summed E-state index contributed by atoms with van der Waals surface area (Å²) in [5.41, 5.74) is 0.293. The molecule has 5 heteroatoms. The fourth-order valence-corrected chi connectivity index (χ4v) is 4.31. The van der Waals surface area contributed by atoms with Crippen LogP contribution in [-0.4, -0.2) is 10.1 Å². The Hall–Kier alpha value is -3.31. The molecule has 0 amide bonds. The smallest absolute Gasteiger partial charge is 0.281 e. The van der Waals surface area contributed by atoms with Crippen LogP contribution in [0.5, 0.6) is 0 Å². The van der Waals surface area contributed by atoms with Gasteiger partial charge in [-0.15, -0.1) is 0 Å². The third kappa shape index (κ3) is 2.26. The molecule has 0 atom stereocenters. The van der Waals surface area contributed by atoms with Gasteiger partial charge in [0, 0.05) is 31.2 Å². The van der Waals surface area contributed by atoms with Crippen molar-refractivity contribution in [1.29, 1.82) is 0 Å². The van der Waals surface area contributed by atoms with Gasteiger partial charge in [-0.05, 0) is 17.5 Å². The van der Waals surface area contributed by atoms with Crippen molar-refractivity contribution in [2.75, 3.05) is 0 Å². The lowest BCUT2D eigenvalue weighted by Gasteiger charge is -2.08. The molecule has 4 nitrogen and oxygen atoms in total. The molecular weight excluding hydrogens is 418 g/mol. The first-order chi connectivity index (χ1) is 13.6. The number of aliphatic hydroxyl groups is 1. The highest BCUT2D eigenvalue weighted by Crippen LogP contribution is 2.24. The molecule has 1 aliphatic carbocycles. The number of halogens is 1. The quantitative estimate of drug-likeness (QED) is 0.443. The second kappa shape index (κ2) is 6.11. The Kier molecular flexibility index (Phi) is 3.67. The Bertz CT molecular complexity index is 1610. The maximum absolute atomic E-state index is 13.1. The van der Waals surface area contributed by atoms with Gasteiger partial charge in [0.15, 0.2) is 5.43 Å². The van der Waals surface area contributed by atoms with Crippen molar-refractivity contribution in [1.82, 2.24) is 4.98 Å². The first-order valence-corrected chi connectivity index (χ1v) is 9.46. The van der Waals surface area contributed by atoms with E-state index in [9.17, 15) is 14.7 Å². The summed E-state index contributed by atoms with van der Waals surface area (Å²) in [6.07, 6.45) is 0. The highest BCUT2D eigenvalue weighted by molar-refractivity contribution is 9.10. The third-order valence-corrected chi connectivity index (χ3v) is 5.68. The second-order valence-electron chi connectivity index (χ2n) is 6.57. The van der Waals surface area contributed by atoms with Gasteiger partial charge in [-0.1, -0.05) is 70.5 Å². The van der Waals surface area contributed by atoms with Crippen molar-refractivity contribution in [3.63, 3.8) is 0 Å². The Balaban J connectivity index is 2.28. The van der Waals surface area contributed by atoms with Crippen molar-refractivity contribution in [3.8, 4) is 0 Å². The van der Waals surface area contributed by atoms with Crippen LogP contribution in [0.25, 0.3) is 27.4 Å². The third-order valence-electron chi connectivity index (χ3n) is 5.02. The molecule has 3 aromatic rings. The van der Waals surface area contributed by atoms with Gasteiger partial charge in [-0.2, -0.15) is 0 Å². The normalized spacial score (nSPS) is 12.8. The molecule has 28 heavy (non-hydrogen) atoms. The number of aromatic nitrogens is 1. The van der Waals surface area contributed by atoms with E-state index in [2.05, 4.69) is 20.9 Å². The highest BCUT2D eigenvalue weighted by Gasteiger charge is 2.16. The molecule has 134 valence electrons. The van der Waals surface area contributed by atoms with E-state index in [0.29, 0.717) is 42.1 Å². The fourth-order valence-electron chi connectivity index (χ4n) is 3.79. The maximum atomic E-state index is 13.1. The van der Waals surface area contributed by atoms with E-state index < -0.39 is 5.56 Å². The molecule has 0 radical (unpaired) electrons. The molecule has 0 aromatic heterocycles. The summed E-state index contributed by atoms with van der Waals surface area (Å²) in [5.74, 6) is -0.148. The maximum Gasteiger partial charge on any atom is 0.281 e. The Labute approximate surface area is 166 Å². The zero-order valence-corrected chi connectivity index (χ0v) is 16.0. The molecule has 0 saturated heterocycles. The lowest BCUT2D eigenvalue weighted by molar-refractivity contribution is 0.506. The lowest BCUT2D eigenvalue weighted by Crippen LogP contribution is -2.32. The van der Waals surface area contributed by atoms with E-state index in [4.69, 9.17) is 0 Å². The SMILES string of the molecule is O=c1nc2ccc(Br)c3c2=c(/c1=C(\O)c1ccccc1)c1ccccc1c3=O. The molecule has 0 fully saturated rings. The van der Waals surface area contributed by atoms with Gasteiger partial charge in [-0.3, -0.25) is 9.59 Å². The Morgan fingerprint density at radius 1 is 0.821 bits per heavy atom. The average molecular weight is 430 g/mol. The first kappa shape index (κ1) is 16.8. The summed E-state index contributed by atoms with van der Waals surface area (Å²) in [7, 11) is 0. The predicted molar refractivity (Wildman–Crippen MR) is 113 cm³/mol. The number of fused-ring (bicyclic) bond motifs is 2. The van der Waals surface area contributed by atoms with Crippen molar-refractivity contribution >= 4 is 43.4 Å². The fraction of sp³-hybridized carbons (Fsp3) is 0. The standard InChI is InChI=1S/C23H12BrNO3/c24-15-10-11-16-19-17(13-8-4-5-9-14(13)22(27)18(15)19)20(23(28)25-16)21(26)12-6-2-1-3-7-12/h1-11,26H/b21-20+. The summed E-state index contributed by atoms with van der Waals surface area (Å²) in [4.78, 5) is 30.3. The lowest BCUT2D eigenvalue weighted by atomic mass is 9.98. The number of rotatable bonds is 1. The minimum absolute atomic E-state index is 0.109. The van der Waals surface area contributed by atoms with Crippen LogP contribution in [0.4, 0.5) is 0 Å². The molecule has 2 aliphatic rings. The summed E-state index contributed by atoms with van der Waals surface area (Å²) in [5, 5.41) is 13.8. The van der Waals surface area contributed by atoms with Crippen LogP contribution < -0.4 is 16.2 Å². The van der Waals surface area contributed by atoms with Crippen molar-refractivity contribution in [2.45, 2.75) is 0 Å². The number of benzene rings is 3. The van der Waals surface area contributed by atoms with Crippen molar-refractivity contribution in [3.05, 3.63) is 113 Å². The minimum atomic E-state index is -0.527. The summed E-state index contributed by atoms with van der Waals surface area (Å²) < 4.78 is 0.631. The van der Waals surface area contributed by atoms with Gasteiger partial charge >= 0.3 is 0 Å². The Morgan fingerprint density at radius 2 is 1.50 bits per heavy atom. The van der Waals surface area contributed by atoms with Crippen LogP contribution in [0.1, 0.15) is 5.56 Å². The zero-order valence-electron chi connectivity index (χ0n) is 14.4. The van der Waals surface area contributed by atoms with Gasteiger partial charge in [0.1, 0.15) is 5.76 Å². The van der Waals surface area contributed by atoms with Gasteiger partial charge in [0.2, 0.25) is 0 Å². The van der Waals surface area contributed by atoms with Crippen molar-refractivity contribution < 1.29 is 5.11 Å². The zero-order chi connectivity index (χ0) is 19.4. The molecule has 1 aliphatic heterocycles. The molecule has 0 bridgehead atoms. The van der Waals surface area contributed by atoms with Crippen molar-refractivity contribution in [2.24, 2.45) is 0 Å². The van der Waals surface area contributed by atoms with Crippen LogP contribution >= 0.6 is 15.9 Å². The number of nitrogens with zero attached hydrogens (tertiary/aromatic N) is 1. The highest BCUT2D eigenvalue weighted by atomic mass is 79.9. The number of hydrogen-bond donors (Lipinski definition) is 1. The van der Waals surface area contributed by atoms with E-state index in [0.717, 1.165) is 0 Å². The van der Waals surface area contributed by atoms with E-state index in [-0.39, 0.29) is 16.4 Å². The Morgan fingerprint density at radius 3 is 2.25 bits per heavy atom. The molecule has 1 heterocycles.